The van der Waals surface area contributed by atoms with Gasteiger partial charge in [0, 0.05) is 12.8 Å². The molecular formula is C20H29N5O4. The molecule has 0 spiro atoms. The molecule has 0 fully saturated rings. The third-order valence-electron chi connectivity index (χ3n) is 4.07. The van der Waals surface area contributed by atoms with E-state index in [1.165, 1.54) is 0 Å². The Balaban J connectivity index is 2.35. The van der Waals surface area contributed by atoms with E-state index in [9.17, 15) is 19.2 Å². The van der Waals surface area contributed by atoms with E-state index in [2.05, 4.69) is 27.7 Å². The van der Waals surface area contributed by atoms with Crippen LogP contribution in [0.15, 0.2) is 35.3 Å². The Hall–Kier alpha value is -3.07. The quantitative estimate of drug-likeness (QED) is 0.264. The number of carbonyl (C=O) groups is 4. The van der Waals surface area contributed by atoms with Gasteiger partial charge in [-0.05, 0) is 31.7 Å². The molecule has 0 radical (unpaired) electrons. The first-order chi connectivity index (χ1) is 14.0. The van der Waals surface area contributed by atoms with E-state index < -0.39 is 23.8 Å². The lowest BCUT2D eigenvalue weighted by molar-refractivity contribution is -0.129. The molecule has 1 rings (SSSR count). The first-order valence-corrected chi connectivity index (χ1v) is 9.53. The van der Waals surface area contributed by atoms with Gasteiger partial charge in [0.05, 0.1) is 13.1 Å². The number of aliphatic imine (C=N–C) groups is 1. The van der Waals surface area contributed by atoms with Crippen molar-refractivity contribution in [3.63, 3.8) is 0 Å². The Labute approximate surface area is 170 Å². The van der Waals surface area contributed by atoms with E-state index in [4.69, 9.17) is 5.73 Å². The van der Waals surface area contributed by atoms with Gasteiger partial charge in [-0.3, -0.25) is 19.2 Å². The molecule has 29 heavy (non-hydrogen) atoms. The number of amides is 4. The van der Waals surface area contributed by atoms with Crippen molar-refractivity contribution >= 4 is 30.3 Å². The van der Waals surface area contributed by atoms with Gasteiger partial charge in [0.15, 0.2) is 0 Å². The Morgan fingerprint density at radius 3 is 2.24 bits per heavy atom. The van der Waals surface area contributed by atoms with Crippen LogP contribution >= 0.6 is 0 Å². The predicted octanol–water partition coefficient (Wildman–Crippen LogP) is -0.307. The van der Waals surface area contributed by atoms with Crippen LogP contribution in [0.2, 0.25) is 0 Å². The molecule has 0 aliphatic carbocycles. The van der Waals surface area contributed by atoms with Crippen LogP contribution in [0, 0.1) is 0 Å². The summed E-state index contributed by atoms with van der Waals surface area (Å²) in [6.45, 7) is 3.26. The summed E-state index contributed by atoms with van der Waals surface area (Å²) in [5.41, 5.74) is 6.24. The Morgan fingerprint density at radius 2 is 1.59 bits per heavy atom. The van der Waals surface area contributed by atoms with Crippen molar-refractivity contribution in [3.8, 4) is 0 Å². The minimum atomic E-state index is -0.868. The lowest BCUT2D eigenvalue weighted by Crippen LogP contribution is -2.47. The summed E-state index contributed by atoms with van der Waals surface area (Å²) in [5, 5.41) is 7.43. The van der Waals surface area contributed by atoms with Crippen LogP contribution in [0.25, 0.3) is 0 Å². The second-order valence-electron chi connectivity index (χ2n) is 6.46. The molecule has 0 aliphatic heterocycles. The van der Waals surface area contributed by atoms with E-state index in [0.717, 1.165) is 18.4 Å². The SMILES string of the molecule is C=NC(=O)[C@H](Cc1ccccc1)NC(=O)CNC(=O)CNC(=O)CCCCCN. The number of hydrogen-bond donors (Lipinski definition) is 4. The zero-order valence-corrected chi connectivity index (χ0v) is 16.5. The number of unbranched alkanes of at least 4 members (excludes halogenated alkanes) is 2. The molecule has 1 atom stereocenters. The number of nitrogens with two attached hydrogens (primary N) is 1. The molecule has 9 nitrogen and oxygen atoms in total. The molecule has 1 aromatic carbocycles. The van der Waals surface area contributed by atoms with Crippen molar-refractivity contribution in [1.82, 2.24) is 16.0 Å². The summed E-state index contributed by atoms with van der Waals surface area (Å²) in [6.07, 6.45) is 3.02. The third kappa shape index (κ3) is 10.7. The largest absolute Gasteiger partial charge is 0.347 e. The summed E-state index contributed by atoms with van der Waals surface area (Å²) < 4.78 is 0. The number of carbonyl (C=O) groups excluding carboxylic acids is 4. The predicted molar refractivity (Wildman–Crippen MR) is 110 cm³/mol. The van der Waals surface area contributed by atoms with Crippen LogP contribution in [-0.4, -0.2) is 56.0 Å². The lowest BCUT2D eigenvalue weighted by Gasteiger charge is -2.16. The molecule has 1 aromatic rings. The Morgan fingerprint density at radius 1 is 0.931 bits per heavy atom. The van der Waals surface area contributed by atoms with E-state index in [1.54, 1.807) is 0 Å². The number of nitrogens with one attached hydrogen (secondary N) is 3. The highest BCUT2D eigenvalue weighted by Gasteiger charge is 2.20. The van der Waals surface area contributed by atoms with Crippen molar-refractivity contribution in [1.29, 1.82) is 0 Å². The van der Waals surface area contributed by atoms with Crippen LogP contribution in [-0.2, 0) is 25.6 Å². The normalized spacial score (nSPS) is 11.2. The standard InChI is InChI=1S/C20H29N5O4/c1-22-20(29)16(12-15-8-4-2-5-9-15)25-19(28)14-24-18(27)13-23-17(26)10-6-3-7-11-21/h2,4-5,8-9,16H,1,3,6-7,10-14,21H2,(H,23,26)(H,24,27)(H,25,28)/t16-/m0/s1. The van der Waals surface area contributed by atoms with Crippen molar-refractivity contribution < 1.29 is 19.2 Å². The minimum Gasteiger partial charge on any atom is -0.347 e. The summed E-state index contributed by atoms with van der Waals surface area (Å²) in [7, 11) is 0. The van der Waals surface area contributed by atoms with Crippen LogP contribution in [0.1, 0.15) is 31.2 Å². The highest BCUT2D eigenvalue weighted by molar-refractivity contribution is 5.92. The number of rotatable bonds is 13. The van der Waals surface area contributed by atoms with Crippen molar-refractivity contribution in [2.45, 2.75) is 38.1 Å². The van der Waals surface area contributed by atoms with Crippen LogP contribution in [0.3, 0.4) is 0 Å². The van der Waals surface area contributed by atoms with Gasteiger partial charge in [-0.15, -0.1) is 0 Å². The van der Waals surface area contributed by atoms with Gasteiger partial charge in [-0.25, -0.2) is 4.99 Å². The lowest BCUT2D eigenvalue weighted by atomic mass is 10.1. The van der Waals surface area contributed by atoms with Crippen LogP contribution < -0.4 is 21.7 Å². The number of hydrogen-bond acceptors (Lipinski definition) is 5. The molecule has 0 heterocycles. The summed E-state index contributed by atoms with van der Waals surface area (Å²) in [4.78, 5) is 50.8. The van der Waals surface area contributed by atoms with Crippen molar-refractivity contribution in [2.24, 2.45) is 10.7 Å². The molecule has 0 aliphatic rings. The maximum atomic E-state index is 12.1. The molecule has 0 saturated heterocycles. The zero-order chi connectivity index (χ0) is 21.5. The fraction of sp³-hybridized carbons (Fsp3) is 0.450. The Kier molecular flexibility index (Phi) is 11.6. The van der Waals surface area contributed by atoms with E-state index in [0.29, 0.717) is 19.4 Å². The second-order valence-corrected chi connectivity index (χ2v) is 6.46. The fourth-order valence-electron chi connectivity index (χ4n) is 2.52. The molecule has 0 saturated carbocycles. The fourth-order valence-corrected chi connectivity index (χ4v) is 2.52. The first-order valence-electron chi connectivity index (χ1n) is 9.53. The average Bonchev–Trinajstić information content (AvgIpc) is 2.73. The molecular weight excluding hydrogens is 374 g/mol. The van der Waals surface area contributed by atoms with E-state index in [1.807, 2.05) is 30.3 Å². The maximum Gasteiger partial charge on any atom is 0.267 e. The van der Waals surface area contributed by atoms with Crippen molar-refractivity contribution in [2.75, 3.05) is 19.6 Å². The van der Waals surface area contributed by atoms with Gasteiger partial charge >= 0.3 is 0 Å². The number of benzene rings is 1. The summed E-state index contributed by atoms with van der Waals surface area (Å²) in [6, 6.07) is 8.29. The number of nitrogens with zero attached hydrogens (tertiary/aromatic N) is 1. The maximum absolute atomic E-state index is 12.1. The molecule has 0 aromatic heterocycles. The summed E-state index contributed by atoms with van der Waals surface area (Å²) >= 11 is 0. The first kappa shape index (κ1) is 24.0. The van der Waals surface area contributed by atoms with Gasteiger partial charge in [-0.1, -0.05) is 36.8 Å². The zero-order valence-electron chi connectivity index (χ0n) is 16.5. The van der Waals surface area contributed by atoms with Gasteiger partial charge in [-0.2, -0.15) is 0 Å². The topological polar surface area (TPSA) is 143 Å². The second kappa shape index (κ2) is 14.0. The molecule has 0 unspecified atom stereocenters. The molecule has 0 bridgehead atoms. The molecule has 4 amide bonds. The monoisotopic (exact) mass is 403 g/mol. The molecule has 5 N–H and O–H groups in total. The van der Waals surface area contributed by atoms with Crippen LogP contribution in [0.5, 0.6) is 0 Å². The van der Waals surface area contributed by atoms with Crippen LogP contribution in [0.4, 0.5) is 0 Å². The van der Waals surface area contributed by atoms with E-state index >= 15 is 0 Å². The molecule has 158 valence electrons. The third-order valence-corrected chi connectivity index (χ3v) is 4.07. The molecule has 9 heteroatoms. The smallest absolute Gasteiger partial charge is 0.267 e. The van der Waals surface area contributed by atoms with Gasteiger partial charge < -0.3 is 21.7 Å². The average molecular weight is 403 g/mol. The van der Waals surface area contributed by atoms with Crippen molar-refractivity contribution in [3.05, 3.63) is 35.9 Å². The van der Waals surface area contributed by atoms with E-state index in [-0.39, 0.29) is 25.4 Å². The van der Waals surface area contributed by atoms with Gasteiger partial charge in [0.1, 0.15) is 6.04 Å². The minimum absolute atomic E-state index is 0.219. The Bertz CT molecular complexity index is 693. The van der Waals surface area contributed by atoms with Gasteiger partial charge in [0.25, 0.3) is 5.91 Å². The van der Waals surface area contributed by atoms with Gasteiger partial charge in [0.2, 0.25) is 17.7 Å². The highest BCUT2D eigenvalue weighted by Crippen LogP contribution is 2.04. The summed E-state index contributed by atoms with van der Waals surface area (Å²) in [5.74, 6) is -1.82. The highest BCUT2D eigenvalue weighted by atomic mass is 16.2.